The zero-order valence-electron chi connectivity index (χ0n) is 16.2. The molecule has 0 aliphatic heterocycles. The maximum absolute atomic E-state index is 15.6. The van der Waals surface area contributed by atoms with E-state index in [1.807, 2.05) is 0 Å². The quantitative estimate of drug-likeness (QED) is 0.288. The van der Waals surface area contributed by atoms with Crippen molar-refractivity contribution in [1.29, 1.82) is 0 Å². The standard InChI is InChI=1S/C20H18F4N6O/c1-25-8-9-28-30-15-3-5-18(26-12-15)20(23,24)19(31,11-14-6-7-27-29-14)16-4-2-13(21)10-17(16)22/h2-10,12,30-31H,11H2,1H3,(H,27,29)/b25-8?,28-9-. The van der Waals surface area contributed by atoms with Crippen LogP contribution in [0.3, 0.4) is 0 Å². The van der Waals surface area contributed by atoms with Gasteiger partial charge in [0.25, 0.3) is 0 Å². The fraction of sp³-hybridized carbons (Fsp3) is 0.200. The van der Waals surface area contributed by atoms with E-state index < -0.39 is 40.8 Å². The monoisotopic (exact) mass is 434 g/mol. The van der Waals surface area contributed by atoms with Crippen molar-refractivity contribution in [3.8, 4) is 0 Å². The van der Waals surface area contributed by atoms with Gasteiger partial charge in [-0.2, -0.15) is 19.0 Å². The lowest BCUT2D eigenvalue weighted by Gasteiger charge is -2.36. The highest BCUT2D eigenvalue weighted by Crippen LogP contribution is 2.47. The predicted molar refractivity (Wildman–Crippen MR) is 107 cm³/mol. The van der Waals surface area contributed by atoms with Crippen molar-refractivity contribution < 1.29 is 22.7 Å². The fourth-order valence-electron chi connectivity index (χ4n) is 2.93. The molecule has 3 aromatic rings. The molecule has 11 heteroatoms. The minimum absolute atomic E-state index is 0.121. The van der Waals surface area contributed by atoms with Crippen molar-refractivity contribution in [2.24, 2.45) is 10.1 Å². The summed E-state index contributed by atoms with van der Waals surface area (Å²) in [7, 11) is 1.55. The maximum Gasteiger partial charge on any atom is 0.322 e. The Bertz CT molecular complexity index is 1070. The number of aliphatic imine (C=N–C) groups is 1. The summed E-state index contributed by atoms with van der Waals surface area (Å²) in [6, 6.07) is 5.63. The number of aromatic nitrogens is 3. The van der Waals surface area contributed by atoms with Crippen molar-refractivity contribution in [3.05, 3.63) is 77.4 Å². The molecule has 1 aromatic carbocycles. The second kappa shape index (κ2) is 9.04. The van der Waals surface area contributed by atoms with Crippen LogP contribution >= 0.6 is 0 Å². The fourth-order valence-corrected chi connectivity index (χ4v) is 2.93. The third-order valence-corrected chi connectivity index (χ3v) is 4.47. The molecule has 2 aromatic heterocycles. The zero-order chi connectivity index (χ0) is 22.5. The molecule has 0 saturated carbocycles. The number of pyridine rings is 1. The lowest BCUT2D eigenvalue weighted by atomic mass is 9.81. The van der Waals surface area contributed by atoms with Gasteiger partial charge >= 0.3 is 5.92 Å². The number of hydrogen-bond acceptors (Lipinski definition) is 6. The Balaban J connectivity index is 2.01. The molecule has 0 aliphatic rings. The van der Waals surface area contributed by atoms with E-state index in [1.165, 1.54) is 30.8 Å². The summed E-state index contributed by atoms with van der Waals surface area (Å²) < 4.78 is 59.0. The topological polar surface area (TPSA) is 98.5 Å². The van der Waals surface area contributed by atoms with Crippen molar-refractivity contribution in [2.45, 2.75) is 17.9 Å². The van der Waals surface area contributed by atoms with Crippen molar-refractivity contribution in [2.75, 3.05) is 12.5 Å². The van der Waals surface area contributed by atoms with Crippen molar-refractivity contribution >= 4 is 18.1 Å². The van der Waals surface area contributed by atoms with Crippen LogP contribution in [0.4, 0.5) is 23.2 Å². The van der Waals surface area contributed by atoms with Crippen LogP contribution in [0.1, 0.15) is 17.0 Å². The Hall–Kier alpha value is -3.60. The number of benzene rings is 1. The lowest BCUT2D eigenvalue weighted by molar-refractivity contribution is -0.199. The van der Waals surface area contributed by atoms with Gasteiger partial charge in [-0.3, -0.25) is 20.5 Å². The minimum Gasteiger partial charge on any atom is -0.378 e. The van der Waals surface area contributed by atoms with E-state index in [0.717, 1.165) is 24.4 Å². The molecule has 0 fully saturated rings. The molecule has 0 amide bonds. The Morgan fingerprint density at radius 1 is 1.16 bits per heavy atom. The van der Waals surface area contributed by atoms with Gasteiger partial charge in [-0.15, -0.1) is 0 Å². The summed E-state index contributed by atoms with van der Waals surface area (Å²) >= 11 is 0. The van der Waals surface area contributed by atoms with E-state index in [1.54, 1.807) is 7.05 Å². The Kier molecular flexibility index (Phi) is 6.44. The first-order valence-corrected chi connectivity index (χ1v) is 8.98. The van der Waals surface area contributed by atoms with Gasteiger partial charge in [0.05, 0.1) is 18.1 Å². The van der Waals surface area contributed by atoms with Crippen LogP contribution in [0.2, 0.25) is 0 Å². The zero-order valence-corrected chi connectivity index (χ0v) is 16.2. The largest absolute Gasteiger partial charge is 0.378 e. The first-order chi connectivity index (χ1) is 14.8. The summed E-state index contributed by atoms with van der Waals surface area (Å²) in [5.41, 5.74) is -1.69. The molecule has 31 heavy (non-hydrogen) atoms. The van der Waals surface area contributed by atoms with E-state index >= 15 is 8.78 Å². The van der Waals surface area contributed by atoms with Gasteiger partial charge in [0.1, 0.15) is 17.3 Å². The van der Waals surface area contributed by atoms with Gasteiger partial charge in [-0.1, -0.05) is 6.07 Å². The van der Waals surface area contributed by atoms with E-state index in [-0.39, 0.29) is 5.69 Å². The number of aliphatic hydroxyl groups is 1. The molecule has 1 atom stereocenters. The SMILES string of the molecule is CN=C/C=N\Nc1ccc(C(F)(F)C(O)(Cc2ccn[nH]2)c2ccc(F)cc2F)nc1. The third kappa shape index (κ3) is 4.61. The number of nitrogens with zero attached hydrogens (tertiary/aromatic N) is 4. The number of hydrogen-bond donors (Lipinski definition) is 3. The van der Waals surface area contributed by atoms with Crippen LogP contribution in [0.15, 0.2) is 58.9 Å². The van der Waals surface area contributed by atoms with Crippen LogP contribution < -0.4 is 5.43 Å². The number of rotatable bonds is 8. The van der Waals surface area contributed by atoms with Crippen LogP contribution in [0, 0.1) is 11.6 Å². The predicted octanol–water partition coefficient (Wildman–Crippen LogP) is 3.40. The Labute approximate surface area is 174 Å². The number of anilines is 1. The van der Waals surface area contributed by atoms with E-state index in [2.05, 4.69) is 30.7 Å². The molecular formula is C20H18F4N6O. The summed E-state index contributed by atoms with van der Waals surface area (Å²) in [5.74, 6) is -6.34. The smallest absolute Gasteiger partial charge is 0.322 e. The van der Waals surface area contributed by atoms with Gasteiger partial charge in [0, 0.05) is 43.2 Å². The number of alkyl halides is 2. The lowest BCUT2D eigenvalue weighted by Crippen LogP contribution is -2.46. The molecule has 0 radical (unpaired) electrons. The van der Waals surface area contributed by atoms with Gasteiger partial charge in [0.15, 0.2) is 5.60 Å². The second-order valence-corrected chi connectivity index (χ2v) is 6.55. The Morgan fingerprint density at radius 3 is 2.58 bits per heavy atom. The number of nitrogens with one attached hydrogen (secondary N) is 2. The molecule has 3 rings (SSSR count). The molecule has 0 spiro atoms. The number of aromatic amines is 1. The molecule has 2 heterocycles. The first-order valence-electron chi connectivity index (χ1n) is 8.98. The molecule has 3 N–H and O–H groups in total. The van der Waals surface area contributed by atoms with Crippen LogP contribution in [0.5, 0.6) is 0 Å². The minimum atomic E-state index is -4.06. The molecule has 162 valence electrons. The van der Waals surface area contributed by atoms with Gasteiger partial charge in [0.2, 0.25) is 0 Å². The average Bonchev–Trinajstić information content (AvgIpc) is 3.24. The highest BCUT2D eigenvalue weighted by molar-refractivity contribution is 6.16. The normalized spacial score (nSPS) is 14.3. The maximum atomic E-state index is 15.6. The molecule has 0 saturated heterocycles. The molecule has 7 nitrogen and oxygen atoms in total. The average molecular weight is 434 g/mol. The third-order valence-electron chi connectivity index (χ3n) is 4.47. The summed E-state index contributed by atoms with van der Waals surface area (Å²) in [5, 5.41) is 21.0. The van der Waals surface area contributed by atoms with E-state index in [0.29, 0.717) is 11.8 Å². The summed E-state index contributed by atoms with van der Waals surface area (Å²) in [6.07, 6.45) is 4.42. The molecular weight excluding hydrogens is 416 g/mol. The summed E-state index contributed by atoms with van der Waals surface area (Å²) in [6.45, 7) is 0. The van der Waals surface area contributed by atoms with E-state index in [4.69, 9.17) is 0 Å². The van der Waals surface area contributed by atoms with Crippen LogP contribution in [0.25, 0.3) is 0 Å². The van der Waals surface area contributed by atoms with Crippen molar-refractivity contribution in [3.63, 3.8) is 0 Å². The highest BCUT2D eigenvalue weighted by atomic mass is 19.3. The second-order valence-electron chi connectivity index (χ2n) is 6.55. The van der Waals surface area contributed by atoms with Gasteiger partial charge in [-0.05, 0) is 24.3 Å². The van der Waals surface area contributed by atoms with E-state index in [9.17, 15) is 13.9 Å². The molecule has 1 unspecified atom stereocenters. The van der Waals surface area contributed by atoms with Crippen LogP contribution in [-0.2, 0) is 17.9 Å². The van der Waals surface area contributed by atoms with Crippen molar-refractivity contribution in [1.82, 2.24) is 15.2 Å². The van der Waals surface area contributed by atoms with Gasteiger partial charge in [-0.25, -0.2) is 8.78 Å². The number of H-pyrrole nitrogens is 1. The molecule has 0 aliphatic carbocycles. The number of halogens is 4. The molecule has 0 bridgehead atoms. The highest BCUT2D eigenvalue weighted by Gasteiger charge is 2.57. The summed E-state index contributed by atoms with van der Waals surface area (Å²) in [4.78, 5) is 7.41. The Morgan fingerprint density at radius 2 is 1.97 bits per heavy atom. The van der Waals surface area contributed by atoms with Crippen LogP contribution in [-0.4, -0.2) is 39.8 Å². The van der Waals surface area contributed by atoms with Gasteiger partial charge < -0.3 is 5.11 Å². The first kappa shape index (κ1) is 22.1. The number of hydrazone groups is 1.